The van der Waals surface area contributed by atoms with Crippen molar-refractivity contribution in [2.24, 2.45) is 0 Å². The first kappa shape index (κ1) is 21.2. The molecule has 3 N–H and O–H groups in total. The molecule has 1 unspecified atom stereocenters. The van der Waals surface area contributed by atoms with Crippen molar-refractivity contribution in [2.75, 3.05) is 5.32 Å². The van der Waals surface area contributed by atoms with Gasteiger partial charge >= 0.3 is 0 Å². The highest BCUT2D eigenvalue weighted by atomic mass is 35.5. The van der Waals surface area contributed by atoms with Gasteiger partial charge in [-0.1, -0.05) is 42.3 Å². The number of pyridine rings is 1. The van der Waals surface area contributed by atoms with E-state index >= 15 is 0 Å². The molecule has 3 rings (SSSR count). The summed E-state index contributed by atoms with van der Waals surface area (Å²) in [5, 5.41) is 7.49. The van der Waals surface area contributed by atoms with E-state index in [9.17, 15) is 4.79 Å². The van der Waals surface area contributed by atoms with Gasteiger partial charge in [0.25, 0.3) is 5.91 Å². The fourth-order valence-corrected chi connectivity index (χ4v) is 3.51. The highest BCUT2D eigenvalue weighted by Gasteiger charge is 2.17. The first-order valence-electron chi connectivity index (χ1n) is 9.54. The number of nitrogens with zero attached hydrogens (tertiary/aromatic N) is 1. The van der Waals surface area contributed by atoms with Crippen LogP contribution in [0.5, 0.6) is 0 Å². The number of carbonyl (C=O) groups excluding carboxylic acids is 1. The minimum absolute atomic E-state index is 0.126. The molecule has 7 heteroatoms. The van der Waals surface area contributed by atoms with E-state index in [1.165, 1.54) is 0 Å². The third kappa shape index (κ3) is 5.31. The average Bonchev–Trinajstić information content (AvgIpc) is 3.17. The number of rotatable bonds is 7. The Morgan fingerprint density at radius 2 is 2.00 bits per heavy atom. The zero-order valence-corrected chi connectivity index (χ0v) is 18.1. The second-order valence-electron chi connectivity index (χ2n) is 7.14. The Morgan fingerprint density at radius 1 is 1.21 bits per heavy atom. The Bertz CT molecular complexity index is 1000. The van der Waals surface area contributed by atoms with Crippen LogP contribution in [0, 0.1) is 0 Å². The number of H-pyrrole nitrogens is 1. The predicted octanol–water partition coefficient (Wildman–Crippen LogP) is 6.08. The van der Waals surface area contributed by atoms with Gasteiger partial charge in [0.05, 0.1) is 11.1 Å². The molecule has 29 heavy (non-hydrogen) atoms. The summed E-state index contributed by atoms with van der Waals surface area (Å²) in [6.45, 7) is 6.10. The lowest BCUT2D eigenvalue weighted by Crippen LogP contribution is -2.28. The smallest absolute Gasteiger partial charge is 0.268 e. The third-order valence-electron chi connectivity index (χ3n) is 4.50. The Hall–Kier alpha value is -2.50. The van der Waals surface area contributed by atoms with Crippen LogP contribution in [0.25, 0.3) is 11.1 Å². The summed E-state index contributed by atoms with van der Waals surface area (Å²) >= 11 is 12.4. The van der Waals surface area contributed by atoms with Crippen LogP contribution in [0.15, 0.2) is 48.8 Å². The topological polar surface area (TPSA) is 69.8 Å². The number of nitrogens with one attached hydrogen (secondary N) is 3. The van der Waals surface area contributed by atoms with Gasteiger partial charge in [-0.15, -0.1) is 0 Å². The minimum atomic E-state index is -0.186. The molecule has 2 aromatic heterocycles. The van der Waals surface area contributed by atoms with Crippen molar-refractivity contribution in [1.29, 1.82) is 0 Å². The fourth-order valence-electron chi connectivity index (χ4n) is 3.10. The molecule has 3 aromatic rings. The van der Waals surface area contributed by atoms with Crippen molar-refractivity contribution in [2.45, 2.75) is 39.3 Å². The first-order valence-corrected chi connectivity index (χ1v) is 10.3. The number of amides is 1. The summed E-state index contributed by atoms with van der Waals surface area (Å²) in [7, 11) is 0. The molecule has 0 aliphatic heterocycles. The maximum atomic E-state index is 12.8. The molecule has 0 fully saturated rings. The molecule has 152 valence electrons. The molecular formula is C22H24Cl2N4O. The van der Waals surface area contributed by atoms with Crippen molar-refractivity contribution in [3.8, 4) is 11.1 Å². The van der Waals surface area contributed by atoms with Crippen molar-refractivity contribution >= 4 is 34.9 Å². The summed E-state index contributed by atoms with van der Waals surface area (Å²) in [5.74, 6) is 0.549. The standard InChI is InChI=1S/C22H24Cl2N4O/c1-4-19(14-6-5-7-16(23)8-14)28-22(29)20-9-15(11-25-20)17-10-21(27-13(2)3)26-12-18(17)24/h5-13,19,25H,4H2,1-3H3,(H,26,27)(H,28,29). The molecule has 1 aromatic carbocycles. The van der Waals surface area contributed by atoms with E-state index in [2.05, 4.69) is 20.6 Å². The van der Waals surface area contributed by atoms with Crippen molar-refractivity contribution in [1.82, 2.24) is 15.3 Å². The predicted molar refractivity (Wildman–Crippen MR) is 120 cm³/mol. The number of benzene rings is 1. The lowest BCUT2D eigenvalue weighted by molar-refractivity contribution is 0.0931. The van der Waals surface area contributed by atoms with Crippen LogP contribution < -0.4 is 10.6 Å². The van der Waals surface area contributed by atoms with Gasteiger partial charge in [-0.2, -0.15) is 0 Å². The maximum Gasteiger partial charge on any atom is 0.268 e. The third-order valence-corrected chi connectivity index (χ3v) is 5.03. The van der Waals surface area contributed by atoms with E-state index in [1.54, 1.807) is 18.5 Å². The number of hydrogen-bond acceptors (Lipinski definition) is 3. The van der Waals surface area contributed by atoms with Crippen LogP contribution >= 0.6 is 23.2 Å². The molecular weight excluding hydrogens is 407 g/mol. The molecule has 0 spiro atoms. The van der Waals surface area contributed by atoms with E-state index in [1.807, 2.05) is 51.1 Å². The van der Waals surface area contributed by atoms with Crippen LogP contribution in [-0.4, -0.2) is 21.9 Å². The van der Waals surface area contributed by atoms with E-state index in [-0.39, 0.29) is 18.0 Å². The summed E-state index contributed by atoms with van der Waals surface area (Å²) in [5.41, 5.74) is 3.07. The average molecular weight is 431 g/mol. The van der Waals surface area contributed by atoms with E-state index < -0.39 is 0 Å². The summed E-state index contributed by atoms with van der Waals surface area (Å²) in [6, 6.07) is 11.3. The molecule has 1 amide bonds. The fraction of sp³-hybridized carbons (Fsp3) is 0.273. The molecule has 0 aliphatic rings. The molecule has 2 heterocycles. The van der Waals surface area contributed by atoms with Crippen LogP contribution in [0.2, 0.25) is 10.0 Å². The quantitative estimate of drug-likeness (QED) is 0.424. The Balaban J connectivity index is 1.79. The number of aromatic amines is 1. The Morgan fingerprint density at radius 3 is 2.69 bits per heavy atom. The zero-order valence-electron chi connectivity index (χ0n) is 16.6. The van der Waals surface area contributed by atoms with Crippen LogP contribution in [0.3, 0.4) is 0 Å². The van der Waals surface area contributed by atoms with Gasteiger partial charge in [0, 0.05) is 34.6 Å². The van der Waals surface area contributed by atoms with Crippen LogP contribution in [0.4, 0.5) is 5.82 Å². The maximum absolute atomic E-state index is 12.8. The van der Waals surface area contributed by atoms with E-state index in [4.69, 9.17) is 23.2 Å². The Kier molecular flexibility index (Phi) is 6.83. The van der Waals surface area contributed by atoms with Gasteiger partial charge < -0.3 is 15.6 Å². The first-order chi connectivity index (χ1) is 13.9. The van der Waals surface area contributed by atoms with E-state index in [0.717, 1.165) is 28.9 Å². The molecule has 0 bridgehead atoms. The van der Waals surface area contributed by atoms with Crippen LogP contribution in [-0.2, 0) is 0 Å². The molecule has 0 saturated heterocycles. The normalized spacial score (nSPS) is 12.1. The van der Waals surface area contributed by atoms with Crippen molar-refractivity contribution < 1.29 is 4.79 Å². The van der Waals surface area contributed by atoms with E-state index in [0.29, 0.717) is 15.7 Å². The summed E-state index contributed by atoms with van der Waals surface area (Å²) < 4.78 is 0. The number of hydrogen-bond donors (Lipinski definition) is 3. The number of halogens is 2. The molecule has 5 nitrogen and oxygen atoms in total. The van der Waals surface area contributed by atoms with Crippen LogP contribution in [0.1, 0.15) is 49.3 Å². The van der Waals surface area contributed by atoms with Gasteiger partial charge in [0.15, 0.2) is 0 Å². The van der Waals surface area contributed by atoms with Gasteiger partial charge in [-0.05, 0) is 50.1 Å². The molecule has 0 aliphatic carbocycles. The monoisotopic (exact) mass is 430 g/mol. The van der Waals surface area contributed by atoms with Gasteiger partial charge in [-0.3, -0.25) is 4.79 Å². The molecule has 1 atom stereocenters. The molecule has 0 saturated carbocycles. The minimum Gasteiger partial charge on any atom is -0.368 e. The number of aromatic nitrogens is 2. The number of carbonyl (C=O) groups is 1. The van der Waals surface area contributed by atoms with Gasteiger partial charge in [0.2, 0.25) is 0 Å². The SMILES string of the molecule is CCC(NC(=O)c1cc(-c2cc(NC(C)C)ncc2Cl)c[nH]1)c1cccc(Cl)c1. The number of anilines is 1. The zero-order chi connectivity index (χ0) is 21.0. The second kappa shape index (κ2) is 9.33. The summed E-state index contributed by atoms with van der Waals surface area (Å²) in [4.78, 5) is 20.1. The molecule has 0 radical (unpaired) electrons. The van der Waals surface area contributed by atoms with Crippen molar-refractivity contribution in [3.63, 3.8) is 0 Å². The largest absolute Gasteiger partial charge is 0.368 e. The highest BCUT2D eigenvalue weighted by Crippen LogP contribution is 2.30. The lowest BCUT2D eigenvalue weighted by atomic mass is 10.0. The second-order valence-corrected chi connectivity index (χ2v) is 7.98. The lowest BCUT2D eigenvalue weighted by Gasteiger charge is -2.17. The van der Waals surface area contributed by atoms with Gasteiger partial charge in [0.1, 0.15) is 11.5 Å². The summed E-state index contributed by atoms with van der Waals surface area (Å²) in [6.07, 6.45) is 4.14. The highest BCUT2D eigenvalue weighted by molar-refractivity contribution is 6.33. The van der Waals surface area contributed by atoms with Gasteiger partial charge in [-0.25, -0.2) is 4.98 Å². The Labute approximate surface area is 180 Å². The van der Waals surface area contributed by atoms with Crippen molar-refractivity contribution in [3.05, 3.63) is 70.1 Å².